The predicted molar refractivity (Wildman–Crippen MR) is 78.0 cm³/mol. The summed E-state index contributed by atoms with van der Waals surface area (Å²) in [6.45, 7) is 0. The Morgan fingerprint density at radius 3 is 2.26 bits per heavy atom. The monoisotopic (exact) mass is 254 g/mol. The van der Waals surface area contributed by atoms with Gasteiger partial charge in [-0.2, -0.15) is 0 Å². The molecule has 2 heteroatoms. The van der Waals surface area contributed by atoms with Crippen LogP contribution >= 0.6 is 0 Å². The Hall–Kier alpha value is -2.01. The van der Waals surface area contributed by atoms with Crippen LogP contribution in [0.4, 0.5) is 0 Å². The largest absolute Gasteiger partial charge is 0.423 e. The SMILES string of the molecule is C1#CCCCCCC1.O=c1ccc2ccccc2o1. The van der Waals surface area contributed by atoms with E-state index in [4.69, 9.17) is 4.42 Å². The maximum Gasteiger partial charge on any atom is 0.336 e. The quantitative estimate of drug-likeness (QED) is 0.522. The molecule has 3 rings (SSSR count). The average molecular weight is 254 g/mol. The summed E-state index contributed by atoms with van der Waals surface area (Å²) in [5.41, 5.74) is 0.337. The zero-order valence-corrected chi connectivity index (χ0v) is 11.0. The first kappa shape index (κ1) is 13.4. The minimum Gasteiger partial charge on any atom is -0.423 e. The van der Waals surface area contributed by atoms with Crippen molar-refractivity contribution in [1.29, 1.82) is 0 Å². The summed E-state index contributed by atoms with van der Waals surface area (Å²) in [6.07, 6.45) is 7.73. The standard InChI is InChI=1S/C9H6O2.C8H12/c10-9-6-5-7-3-1-2-4-8(7)11-9;1-2-4-6-8-7-5-3-1/h1-6H;1-6H2. The number of rotatable bonds is 0. The summed E-state index contributed by atoms with van der Waals surface area (Å²) in [5, 5.41) is 0.951. The zero-order chi connectivity index (χ0) is 13.3. The Labute approximate surface area is 113 Å². The van der Waals surface area contributed by atoms with Crippen LogP contribution in [-0.4, -0.2) is 0 Å². The maximum absolute atomic E-state index is 10.7. The van der Waals surface area contributed by atoms with E-state index in [1.807, 2.05) is 18.2 Å². The molecule has 0 spiro atoms. The highest BCUT2D eigenvalue weighted by Gasteiger charge is 1.92. The summed E-state index contributed by atoms with van der Waals surface area (Å²) in [6, 6.07) is 10.6. The molecule has 0 amide bonds. The molecule has 0 saturated carbocycles. The van der Waals surface area contributed by atoms with Crippen molar-refractivity contribution in [2.24, 2.45) is 0 Å². The molecule has 1 aromatic carbocycles. The summed E-state index contributed by atoms with van der Waals surface area (Å²) < 4.78 is 4.91. The van der Waals surface area contributed by atoms with Crippen molar-refractivity contribution in [3.63, 3.8) is 0 Å². The van der Waals surface area contributed by atoms with Crippen molar-refractivity contribution in [2.45, 2.75) is 38.5 Å². The second kappa shape index (κ2) is 7.43. The molecule has 0 saturated heterocycles. The van der Waals surface area contributed by atoms with Gasteiger partial charge in [0.15, 0.2) is 0 Å². The maximum atomic E-state index is 10.7. The van der Waals surface area contributed by atoms with Crippen molar-refractivity contribution in [3.05, 3.63) is 46.8 Å². The fourth-order valence-electron chi connectivity index (χ4n) is 1.97. The van der Waals surface area contributed by atoms with E-state index in [1.54, 1.807) is 12.1 Å². The van der Waals surface area contributed by atoms with Crippen LogP contribution in [0.5, 0.6) is 0 Å². The van der Waals surface area contributed by atoms with Crippen LogP contribution in [0.15, 0.2) is 45.6 Å². The minimum atomic E-state index is -0.302. The molecular formula is C17H18O2. The molecule has 1 aliphatic carbocycles. The Kier molecular flexibility index (Phi) is 5.25. The van der Waals surface area contributed by atoms with Crippen LogP contribution in [0.1, 0.15) is 38.5 Å². The van der Waals surface area contributed by atoms with Crippen LogP contribution in [0, 0.1) is 11.8 Å². The van der Waals surface area contributed by atoms with Gasteiger partial charge in [0.2, 0.25) is 0 Å². The Balaban J connectivity index is 0.000000148. The molecule has 0 N–H and O–H groups in total. The topological polar surface area (TPSA) is 30.2 Å². The third kappa shape index (κ3) is 4.63. The highest BCUT2D eigenvalue weighted by Crippen LogP contribution is 2.09. The number of para-hydroxylation sites is 1. The van der Waals surface area contributed by atoms with Crippen molar-refractivity contribution >= 4 is 11.0 Å². The van der Waals surface area contributed by atoms with E-state index in [0.29, 0.717) is 5.58 Å². The van der Waals surface area contributed by atoms with Crippen LogP contribution in [0.3, 0.4) is 0 Å². The molecule has 0 bridgehead atoms. The molecular weight excluding hydrogens is 236 g/mol. The van der Waals surface area contributed by atoms with Gasteiger partial charge in [0.1, 0.15) is 5.58 Å². The molecule has 0 radical (unpaired) electrons. The molecule has 0 atom stereocenters. The number of hydrogen-bond acceptors (Lipinski definition) is 2. The first-order chi connectivity index (χ1) is 9.36. The van der Waals surface area contributed by atoms with E-state index in [0.717, 1.165) is 18.2 Å². The molecule has 2 aromatic rings. The second-order valence-electron chi connectivity index (χ2n) is 4.56. The summed E-state index contributed by atoms with van der Waals surface area (Å²) in [5.74, 6) is 6.27. The summed E-state index contributed by atoms with van der Waals surface area (Å²) in [4.78, 5) is 10.7. The van der Waals surface area contributed by atoms with Crippen molar-refractivity contribution in [3.8, 4) is 11.8 Å². The second-order valence-corrected chi connectivity index (χ2v) is 4.56. The molecule has 0 unspecified atom stereocenters. The van der Waals surface area contributed by atoms with Gasteiger partial charge in [-0.05, 0) is 25.0 Å². The van der Waals surface area contributed by atoms with Gasteiger partial charge < -0.3 is 4.42 Å². The fraction of sp³-hybridized carbons (Fsp3) is 0.353. The van der Waals surface area contributed by atoms with E-state index in [2.05, 4.69) is 11.8 Å². The van der Waals surface area contributed by atoms with E-state index < -0.39 is 0 Å². The van der Waals surface area contributed by atoms with Gasteiger partial charge in [0.25, 0.3) is 0 Å². The van der Waals surface area contributed by atoms with Crippen molar-refractivity contribution in [2.75, 3.05) is 0 Å². The minimum absolute atomic E-state index is 0.302. The van der Waals surface area contributed by atoms with E-state index in [1.165, 1.54) is 31.7 Å². The smallest absolute Gasteiger partial charge is 0.336 e. The van der Waals surface area contributed by atoms with E-state index in [9.17, 15) is 4.79 Å². The van der Waals surface area contributed by atoms with Gasteiger partial charge in [0, 0.05) is 24.3 Å². The number of hydrogen-bond donors (Lipinski definition) is 0. The highest BCUT2D eigenvalue weighted by atomic mass is 16.4. The Morgan fingerprint density at radius 2 is 1.53 bits per heavy atom. The Bertz CT molecular complexity index is 616. The van der Waals surface area contributed by atoms with Gasteiger partial charge in [0.05, 0.1) is 0 Å². The molecule has 1 aliphatic rings. The zero-order valence-electron chi connectivity index (χ0n) is 11.0. The molecule has 0 fully saturated rings. The predicted octanol–water partition coefficient (Wildman–Crippen LogP) is 4.14. The van der Waals surface area contributed by atoms with Crippen LogP contribution in [0.25, 0.3) is 11.0 Å². The van der Waals surface area contributed by atoms with Crippen molar-refractivity contribution in [1.82, 2.24) is 0 Å². The van der Waals surface area contributed by atoms with E-state index in [-0.39, 0.29) is 5.63 Å². The highest BCUT2D eigenvalue weighted by molar-refractivity contribution is 5.75. The molecule has 2 nitrogen and oxygen atoms in total. The summed E-state index contributed by atoms with van der Waals surface area (Å²) in [7, 11) is 0. The van der Waals surface area contributed by atoms with Gasteiger partial charge in [-0.25, -0.2) is 4.79 Å². The van der Waals surface area contributed by atoms with Crippen LogP contribution in [0.2, 0.25) is 0 Å². The number of benzene rings is 1. The lowest BCUT2D eigenvalue weighted by Crippen LogP contribution is -1.93. The third-order valence-corrected chi connectivity index (χ3v) is 3.01. The first-order valence-corrected chi connectivity index (χ1v) is 6.81. The lowest BCUT2D eigenvalue weighted by Gasteiger charge is -1.97. The average Bonchev–Trinajstić information content (AvgIpc) is 2.38. The molecule has 0 aliphatic heterocycles. The van der Waals surface area contributed by atoms with Gasteiger partial charge in [-0.15, -0.1) is 11.8 Å². The lowest BCUT2D eigenvalue weighted by molar-refractivity contribution is 0.561. The van der Waals surface area contributed by atoms with E-state index >= 15 is 0 Å². The first-order valence-electron chi connectivity index (χ1n) is 6.81. The van der Waals surface area contributed by atoms with Crippen LogP contribution < -0.4 is 5.63 Å². The lowest BCUT2D eigenvalue weighted by atomic mass is 10.1. The van der Waals surface area contributed by atoms with Gasteiger partial charge in [-0.3, -0.25) is 0 Å². The molecule has 1 aromatic heterocycles. The number of fused-ring (bicyclic) bond motifs is 1. The molecule has 19 heavy (non-hydrogen) atoms. The van der Waals surface area contributed by atoms with Crippen LogP contribution in [-0.2, 0) is 0 Å². The van der Waals surface area contributed by atoms with Crippen molar-refractivity contribution < 1.29 is 4.42 Å². The normalized spacial score (nSPS) is 14.3. The van der Waals surface area contributed by atoms with Gasteiger partial charge >= 0.3 is 5.63 Å². The van der Waals surface area contributed by atoms with Gasteiger partial charge in [-0.1, -0.05) is 31.0 Å². The fourth-order valence-corrected chi connectivity index (χ4v) is 1.97. The Morgan fingerprint density at radius 1 is 0.842 bits per heavy atom. The molecule has 1 heterocycles. The summed E-state index contributed by atoms with van der Waals surface area (Å²) >= 11 is 0. The third-order valence-electron chi connectivity index (χ3n) is 3.01. The molecule has 98 valence electrons.